The maximum absolute atomic E-state index is 13.1. The topological polar surface area (TPSA) is 89.3 Å². The normalized spacial score (nSPS) is 11.1. The van der Waals surface area contributed by atoms with Gasteiger partial charge in [0.05, 0.1) is 4.90 Å². The smallest absolute Gasteiger partial charge is 0.262 e. The molecule has 110 valence electrons. The van der Waals surface area contributed by atoms with E-state index in [2.05, 4.69) is 4.72 Å². The van der Waals surface area contributed by atoms with Crippen molar-refractivity contribution in [3.63, 3.8) is 0 Å². The van der Waals surface area contributed by atoms with Crippen LogP contribution in [0, 0.1) is 11.6 Å². The largest absolute Gasteiger partial charge is 0.366 e. The lowest BCUT2D eigenvalue weighted by atomic mass is 10.2. The van der Waals surface area contributed by atoms with Crippen LogP contribution in [0.15, 0.2) is 47.4 Å². The zero-order valence-corrected chi connectivity index (χ0v) is 11.3. The molecular formula is C13H10F2N2O3S. The minimum Gasteiger partial charge on any atom is -0.366 e. The van der Waals surface area contributed by atoms with Gasteiger partial charge in [0, 0.05) is 17.3 Å². The van der Waals surface area contributed by atoms with Gasteiger partial charge in [0.2, 0.25) is 5.91 Å². The summed E-state index contributed by atoms with van der Waals surface area (Å²) in [5, 5.41) is 0. The standard InChI is InChI=1S/C13H10F2N2O3S/c14-9-5-10(15)7-12(6-9)21(19,20)17-11-3-1-8(2-4-11)13(16)18/h1-7,17H,(H2,16,18). The average molecular weight is 312 g/mol. The Bertz CT molecular complexity index is 769. The molecule has 0 unspecified atom stereocenters. The number of benzene rings is 2. The molecule has 0 fully saturated rings. The molecule has 8 heteroatoms. The Morgan fingerprint density at radius 3 is 2.00 bits per heavy atom. The third kappa shape index (κ3) is 3.54. The number of halogens is 2. The van der Waals surface area contributed by atoms with Crippen molar-refractivity contribution in [2.45, 2.75) is 4.90 Å². The first-order valence-electron chi connectivity index (χ1n) is 5.67. The zero-order valence-electron chi connectivity index (χ0n) is 10.5. The van der Waals surface area contributed by atoms with Crippen molar-refractivity contribution in [2.75, 3.05) is 4.72 Å². The van der Waals surface area contributed by atoms with Crippen molar-refractivity contribution in [1.82, 2.24) is 0 Å². The van der Waals surface area contributed by atoms with Crippen molar-refractivity contribution in [2.24, 2.45) is 5.73 Å². The molecule has 0 bridgehead atoms. The van der Waals surface area contributed by atoms with Crippen molar-refractivity contribution < 1.29 is 22.0 Å². The fourth-order valence-corrected chi connectivity index (χ4v) is 2.70. The van der Waals surface area contributed by atoms with Gasteiger partial charge in [0.1, 0.15) is 11.6 Å². The molecule has 3 N–H and O–H groups in total. The highest BCUT2D eigenvalue weighted by molar-refractivity contribution is 7.92. The first-order chi connectivity index (χ1) is 9.78. The third-order valence-electron chi connectivity index (χ3n) is 2.57. The lowest BCUT2D eigenvalue weighted by molar-refractivity contribution is 0.100. The van der Waals surface area contributed by atoms with E-state index in [4.69, 9.17) is 5.73 Å². The van der Waals surface area contributed by atoms with Gasteiger partial charge in [0.15, 0.2) is 0 Å². The number of nitrogens with one attached hydrogen (secondary N) is 1. The lowest BCUT2D eigenvalue weighted by Gasteiger charge is -2.08. The molecule has 2 aromatic carbocycles. The summed E-state index contributed by atoms with van der Waals surface area (Å²) >= 11 is 0. The maximum Gasteiger partial charge on any atom is 0.262 e. The number of amides is 1. The fourth-order valence-electron chi connectivity index (χ4n) is 1.60. The quantitative estimate of drug-likeness (QED) is 0.903. The van der Waals surface area contributed by atoms with Crippen LogP contribution in [0.5, 0.6) is 0 Å². The molecule has 0 saturated carbocycles. The number of rotatable bonds is 4. The van der Waals surface area contributed by atoms with Crippen LogP contribution in [-0.4, -0.2) is 14.3 Å². The molecule has 0 spiro atoms. The van der Waals surface area contributed by atoms with Crippen LogP contribution < -0.4 is 10.5 Å². The number of carbonyl (C=O) groups is 1. The SMILES string of the molecule is NC(=O)c1ccc(NS(=O)(=O)c2cc(F)cc(F)c2)cc1. The number of hydrogen-bond donors (Lipinski definition) is 2. The lowest BCUT2D eigenvalue weighted by Crippen LogP contribution is -2.14. The summed E-state index contributed by atoms with van der Waals surface area (Å²) in [6.07, 6.45) is 0. The van der Waals surface area contributed by atoms with E-state index in [-0.39, 0.29) is 11.3 Å². The molecule has 1 amide bonds. The van der Waals surface area contributed by atoms with Gasteiger partial charge < -0.3 is 5.73 Å². The molecule has 0 aliphatic rings. The highest BCUT2D eigenvalue weighted by atomic mass is 32.2. The second-order valence-electron chi connectivity index (χ2n) is 4.15. The monoisotopic (exact) mass is 312 g/mol. The summed E-state index contributed by atoms with van der Waals surface area (Å²) in [6, 6.07) is 7.24. The van der Waals surface area contributed by atoms with Crippen LogP contribution >= 0.6 is 0 Å². The van der Waals surface area contributed by atoms with E-state index in [0.29, 0.717) is 18.2 Å². The Balaban J connectivity index is 2.30. The van der Waals surface area contributed by atoms with Crippen molar-refractivity contribution in [1.29, 1.82) is 0 Å². The van der Waals surface area contributed by atoms with Crippen LogP contribution in [0.1, 0.15) is 10.4 Å². The highest BCUT2D eigenvalue weighted by Gasteiger charge is 2.16. The van der Waals surface area contributed by atoms with Gasteiger partial charge in [0.25, 0.3) is 10.0 Å². The third-order valence-corrected chi connectivity index (χ3v) is 3.93. The molecular weight excluding hydrogens is 302 g/mol. The van der Waals surface area contributed by atoms with E-state index >= 15 is 0 Å². The molecule has 0 radical (unpaired) electrons. The number of nitrogens with two attached hydrogens (primary N) is 1. The fraction of sp³-hybridized carbons (Fsp3) is 0. The number of sulfonamides is 1. The molecule has 2 aromatic rings. The number of anilines is 1. The Kier molecular flexibility index (Phi) is 3.90. The first-order valence-corrected chi connectivity index (χ1v) is 7.15. The second-order valence-corrected chi connectivity index (χ2v) is 5.83. The Hall–Kier alpha value is -2.48. The molecule has 0 heterocycles. The molecule has 2 rings (SSSR count). The van der Waals surface area contributed by atoms with Gasteiger partial charge >= 0.3 is 0 Å². The minimum atomic E-state index is -4.14. The van der Waals surface area contributed by atoms with Crippen LogP contribution in [0.3, 0.4) is 0 Å². The predicted octanol–water partition coefficient (Wildman–Crippen LogP) is 1.86. The molecule has 0 aliphatic carbocycles. The molecule has 0 aliphatic heterocycles. The molecule has 21 heavy (non-hydrogen) atoms. The summed E-state index contributed by atoms with van der Waals surface area (Å²) in [5.74, 6) is -2.66. The van der Waals surface area contributed by atoms with Crippen molar-refractivity contribution in [3.8, 4) is 0 Å². The van der Waals surface area contributed by atoms with E-state index in [1.54, 1.807) is 0 Å². The van der Waals surface area contributed by atoms with Gasteiger partial charge in [-0.25, -0.2) is 17.2 Å². The summed E-state index contributed by atoms with van der Waals surface area (Å²) < 4.78 is 52.2. The Morgan fingerprint density at radius 1 is 1.00 bits per heavy atom. The Morgan fingerprint density at radius 2 is 1.52 bits per heavy atom. The van der Waals surface area contributed by atoms with Crippen molar-refractivity contribution in [3.05, 3.63) is 59.7 Å². The maximum atomic E-state index is 13.1. The molecule has 0 saturated heterocycles. The number of hydrogen-bond acceptors (Lipinski definition) is 3. The van der Waals surface area contributed by atoms with Crippen LogP contribution in [0.2, 0.25) is 0 Å². The second kappa shape index (κ2) is 5.49. The molecule has 5 nitrogen and oxygen atoms in total. The van der Waals surface area contributed by atoms with E-state index in [1.807, 2.05) is 0 Å². The van der Waals surface area contributed by atoms with E-state index in [9.17, 15) is 22.0 Å². The molecule has 0 atom stereocenters. The van der Waals surface area contributed by atoms with Gasteiger partial charge in [-0.2, -0.15) is 0 Å². The summed E-state index contributed by atoms with van der Waals surface area (Å²) in [5.41, 5.74) is 5.39. The van der Waals surface area contributed by atoms with Crippen LogP contribution in [0.25, 0.3) is 0 Å². The highest BCUT2D eigenvalue weighted by Crippen LogP contribution is 2.18. The number of primary amides is 1. The van der Waals surface area contributed by atoms with E-state index in [1.165, 1.54) is 24.3 Å². The van der Waals surface area contributed by atoms with Crippen LogP contribution in [0.4, 0.5) is 14.5 Å². The van der Waals surface area contributed by atoms with E-state index < -0.39 is 32.5 Å². The van der Waals surface area contributed by atoms with Crippen LogP contribution in [-0.2, 0) is 10.0 Å². The predicted molar refractivity (Wildman–Crippen MR) is 72.1 cm³/mol. The Labute approximate surface area is 119 Å². The van der Waals surface area contributed by atoms with Gasteiger partial charge in [-0.3, -0.25) is 9.52 Å². The summed E-state index contributed by atoms with van der Waals surface area (Å²) in [4.78, 5) is 10.4. The van der Waals surface area contributed by atoms with E-state index in [0.717, 1.165) is 0 Å². The minimum absolute atomic E-state index is 0.129. The molecule has 0 aromatic heterocycles. The van der Waals surface area contributed by atoms with Gasteiger partial charge in [-0.15, -0.1) is 0 Å². The average Bonchev–Trinajstić information content (AvgIpc) is 2.37. The summed E-state index contributed by atoms with van der Waals surface area (Å²) in [7, 11) is -4.14. The van der Waals surface area contributed by atoms with Gasteiger partial charge in [-0.05, 0) is 36.4 Å². The first kappa shape index (κ1) is 14.9. The zero-order chi connectivity index (χ0) is 15.6. The summed E-state index contributed by atoms with van der Waals surface area (Å²) in [6.45, 7) is 0. The van der Waals surface area contributed by atoms with Gasteiger partial charge in [-0.1, -0.05) is 0 Å². The van der Waals surface area contributed by atoms with Crippen molar-refractivity contribution >= 4 is 21.6 Å². The number of carbonyl (C=O) groups excluding carboxylic acids is 1.